The molecule has 1 aromatic rings. The lowest BCUT2D eigenvalue weighted by molar-refractivity contribution is -0.123. The van der Waals surface area contributed by atoms with Crippen LogP contribution in [0.5, 0.6) is 0 Å². The molecule has 1 fully saturated rings. The van der Waals surface area contributed by atoms with E-state index in [2.05, 4.69) is 16.8 Å². The minimum atomic E-state index is 0.277. The van der Waals surface area contributed by atoms with Gasteiger partial charge in [-0.3, -0.25) is 4.79 Å². The zero-order chi connectivity index (χ0) is 10.5. The van der Waals surface area contributed by atoms with E-state index in [1.165, 1.54) is 4.88 Å². The van der Waals surface area contributed by atoms with E-state index in [1.54, 1.807) is 11.3 Å². The molecule has 0 saturated carbocycles. The van der Waals surface area contributed by atoms with Gasteiger partial charge in [-0.05, 0) is 37.3 Å². The van der Waals surface area contributed by atoms with Crippen LogP contribution in [0.25, 0.3) is 0 Å². The number of hydrogen-bond donors (Lipinski definition) is 1. The zero-order valence-corrected chi connectivity index (χ0v) is 9.69. The Hall–Kier alpha value is -0.670. The van der Waals surface area contributed by atoms with Crippen molar-refractivity contribution in [1.82, 2.24) is 5.32 Å². The van der Waals surface area contributed by atoms with E-state index in [1.807, 2.05) is 6.07 Å². The first kappa shape index (κ1) is 10.8. The molecule has 82 valence electrons. The Bertz CT molecular complexity index is 301. The summed E-state index contributed by atoms with van der Waals surface area (Å²) in [7, 11) is 0. The third-order valence-electron chi connectivity index (χ3n) is 2.95. The van der Waals surface area contributed by atoms with Crippen LogP contribution in [0.4, 0.5) is 0 Å². The van der Waals surface area contributed by atoms with Crippen LogP contribution < -0.4 is 5.32 Å². The van der Waals surface area contributed by atoms with Gasteiger partial charge in [0.25, 0.3) is 0 Å². The van der Waals surface area contributed by atoms with Crippen molar-refractivity contribution in [2.24, 2.45) is 5.92 Å². The Balaban J connectivity index is 1.76. The van der Waals surface area contributed by atoms with Gasteiger partial charge in [0.05, 0.1) is 0 Å². The van der Waals surface area contributed by atoms with Crippen LogP contribution in [-0.2, 0) is 11.2 Å². The molecular formula is C12H17NOS. The first-order valence-electron chi connectivity index (χ1n) is 5.62. The molecular weight excluding hydrogens is 206 g/mol. The van der Waals surface area contributed by atoms with E-state index in [9.17, 15) is 4.79 Å². The number of thiophene rings is 1. The van der Waals surface area contributed by atoms with Crippen molar-refractivity contribution in [1.29, 1.82) is 0 Å². The van der Waals surface area contributed by atoms with Gasteiger partial charge >= 0.3 is 0 Å². The maximum atomic E-state index is 11.9. The molecule has 1 N–H and O–H groups in total. The number of piperidine rings is 1. The third-order valence-corrected chi connectivity index (χ3v) is 3.89. The van der Waals surface area contributed by atoms with Crippen LogP contribution in [-0.4, -0.2) is 18.9 Å². The summed E-state index contributed by atoms with van der Waals surface area (Å²) in [6, 6.07) is 4.16. The Morgan fingerprint density at radius 1 is 1.60 bits per heavy atom. The molecule has 1 unspecified atom stereocenters. The number of Topliss-reactive ketones (excluding diaryl/α,β-unsaturated/α-hetero) is 1. The molecule has 0 aliphatic carbocycles. The SMILES string of the molecule is O=C(CCc1cccs1)C1CCCNC1. The van der Waals surface area contributed by atoms with Crippen molar-refractivity contribution in [3.8, 4) is 0 Å². The summed E-state index contributed by atoms with van der Waals surface area (Å²) in [5.41, 5.74) is 0. The quantitative estimate of drug-likeness (QED) is 0.848. The molecule has 0 aromatic carbocycles. The molecule has 2 rings (SSSR count). The molecule has 0 bridgehead atoms. The van der Waals surface area contributed by atoms with Gasteiger partial charge < -0.3 is 5.32 Å². The summed E-state index contributed by atoms with van der Waals surface area (Å²) in [5.74, 6) is 0.717. The second-order valence-corrected chi connectivity index (χ2v) is 5.12. The standard InChI is InChI=1S/C12H17NOS/c14-12(10-3-1-7-13-9-10)6-5-11-4-2-8-15-11/h2,4,8,10,13H,1,3,5-7,9H2. The summed E-state index contributed by atoms with van der Waals surface area (Å²) < 4.78 is 0. The van der Waals surface area contributed by atoms with Gasteiger partial charge in [-0.15, -0.1) is 11.3 Å². The van der Waals surface area contributed by atoms with Crippen molar-refractivity contribution in [2.75, 3.05) is 13.1 Å². The number of rotatable bonds is 4. The molecule has 2 heterocycles. The van der Waals surface area contributed by atoms with Crippen molar-refractivity contribution >= 4 is 17.1 Å². The van der Waals surface area contributed by atoms with Gasteiger partial charge in [-0.25, -0.2) is 0 Å². The first-order chi connectivity index (χ1) is 7.36. The summed E-state index contributed by atoms with van der Waals surface area (Å²) in [6.07, 6.45) is 3.87. The molecule has 1 aliphatic rings. The van der Waals surface area contributed by atoms with Crippen molar-refractivity contribution < 1.29 is 4.79 Å². The average Bonchev–Trinajstić information content (AvgIpc) is 2.80. The van der Waals surface area contributed by atoms with Crippen LogP contribution >= 0.6 is 11.3 Å². The number of hydrogen-bond acceptors (Lipinski definition) is 3. The highest BCUT2D eigenvalue weighted by molar-refractivity contribution is 7.09. The number of carbonyl (C=O) groups is 1. The number of carbonyl (C=O) groups excluding carboxylic acids is 1. The van der Waals surface area contributed by atoms with Crippen LogP contribution in [0, 0.1) is 5.92 Å². The predicted molar refractivity (Wildman–Crippen MR) is 63.2 cm³/mol. The summed E-state index contributed by atoms with van der Waals surface area (Å²) in [4.78, 5) is 13.2. The Morgan fingerprint density at radius 2 is 2.53 bits per heavy atom. The monoisotopic (exact) mass is 223 g/mol. The van der Waals surface area contributed by atoms with Crippen LogP contribution in [0.1, 0.15) is 24.1 Å². The molecule has 0 radical (unpaired) electrons. The number of aryl methyl sites for hydroxylation is 1. The maximum absolute atomic E-state index is 11.9. The Labute approximate surface area is 94.7 Å². The van der Waals surface area contributed by atoms with Crippen molar-refractivity contribution in [2.45, 2.75) is 25.7 Å². The predicted octanol–water partition coefficient (Wildman–Crippen LogP) is 2.25. The summed E-state index contributed by atoms with van der Waals surface area (Å²) in [6.45, 7) is 1.97. The topological polar surface area (TPSA) is 29.1 Å². The minimum Gasteiger partial charge on any atom is -0.316 e. The van der Waals surface area contributed by atoms with E-state index in [-0.39, 0.29) is 5.92 Å². The van der Waals surface area contributed by atoms with E-state index in [4.69, 9.17) is 0 Å². The summed E-state index contributed by atoms with van der Waals surface area (Å²) in [5, 5.41) is 5.36. The Kier molecular flexibility index (Phi) is 3.92. The fraction of sp³-hybridized carbons (Fsp3) is 0.583. The van der Waals surface area contributed by atoms with E-state index >= 15 is 0 Å². The molecule has 1 atom stereocenters. The first-order valence-corrected chi connectivity index (χ1v) is 6.50. The molecule has 1 aromatic heterocycles. The highest BCUT2D eigenvalue weighted by Crippen LogP contribution is 2.16. The largest absolute Gasteiger partial charge is 0.316 e. The zero-order valence-electron chi connectivity index (χ0n) is 8.87. The number of ketones is 1. The van der Waals surface area contributed by atoms with Gasteiger partial charge in [0.2, 0.25) is 0 Å². The van der Waals surface area contributed by atoms with E-state index in [0.29, 0.717) is 12.2 Å². The van der Waals surface area contributed by atoms with Gasteiger partial charge in [0, 0.05) is 23.8 Å². The lowest BCUT2D eigenvalue weighted by Gasteiger charge is -2.21. The second kappa shape index (κ2) is 5.42. The van der Waals surface area contributed by atoms with Crippen LogP contribution in [0.2, 0.25) is 0 Å². The van der Waals surface area contributed by atoms with Gasteiger partial charge in [0.1, 0.15) is 5.78 Å². The molecule has 1 aliphatic heterocycles. The van der Waals surface area contributed by atoms with Crippen molar-refractivity contribution in [3.63, 3.8) is 0 Å². The molecule has 3 heteroatoms. The van der Waals surface area contributed by atoms with Crippen molar-refractivity contribution in [3.05, 3.63) is 22.4 Å². The highest BCUT2D eigenvalue weighted by atomic mass is 32.1. The molecule has 1 saturated heterocycles. The smallest absolute Gasteiger partial charge is 0.137 e. The lowest BCUT2D eigenvalue weighted by atomic mass is 9.92. The average molecular weight is 223 g/mol. The molecule has 0 spiro atoms. The molecule has 2 nitrogen and oxygen atoms in total. The minimum absolute atomic E-state index is 0.277. The fourth-order valence-electron chi connectivity index (χ4n) is 2.03. The van der Waals surface area contributed by atoms with Crippen LogP contribution in [0.15, 0.2) is 17.5 Å². The van der Waals surface area contributed by atoms with Gasteiger partial charge in [0.15, 0.2) is 0 Å². The van der Waals surface area contributed by atoms with Gasteiger partial charge in [-0.2, -0.15) is 0 Å². The highest BCUT2D eigenvalue weighted by Gasteiger charge is 2.20. The Morgan fingerprint density at radius 3 is 3.20 bits per heavy atom. The molecule has 0 amide bonds. The fourth-order valence-corrected chi connectivity index (χ4v) is 2.74. The summed E-state index contributed by atoms with van der Waals surface area (Å²) >= 11 is 1.74. The third kappa shape index (κ3) is 3.14. The normalized spacial score (nSPS) is 21.5. The van der Waals surface area contributed by atoms with E-state index in [0.717, 1.165) is 32.4 Å². The second-order valence-electron chi connectivity index (χ2n) is 4.09. The van der Waals surface area contributed by atoms with E-state index < -0.39 is 0 Å². The van der Waals surface area contributed by atoms with Crippen LogP contribution in [0.3, 0.4) is 0 Å². The molecule has 15 heavy (non-hydrogen) atoms. The number of nitrogens with one attached hydrogen (secondary N) is 1. The maximum Gasteiger partial charge on any atom is 0.137 e. The van der Waals surface area contributed by atoms with Gasteiger partial charge in [-0.1, -0.05) is 6.07 Å². The lowest BCUT2D eigenvalue weighted by Crippen LogP contribution is -2.34.